The van der Waals surface area contributed by atoms with Crippen LogP contribution < -0.4 is 5.32 Å². The summed E-state index contributed by atoms with van der Waals surface area (Å²) < 4.78 is 5.92. The van der Waals surface area contributed by atoms with E-state index in [2.05, 4.69) is 42.6 Å². The van der Waals surface area contributed by atoms with Gasteiger partial charge in [-0.1, -0.05) is 54.1 Å². The fraction of sp³-hybridized carbons (Fsp3) is 0.238. The van der Waals surface area contributed by atoms with Gasteiger partial charge in [-0.15, -0.1) is 0 Å². The van der Waals surface area contributed by atoms with Crippen LogP contribution in [0.2, 0.25) is 5.02 Å². The van der Waals surface area contributed by atoms with Crippen LogP contribution in [-0.2, 0) is 13.0 Å². The highest BCUT2D eigenvalue weighted by Gasteiger charge is 2.09. The largest absolute Gasteiger partial charge is 0.460 e. The predicted molar refractivity (Wildman–Crippen MR) is 100 cm³/mol. The van der Waals surface area contributed by atoms with Gasteiger partial charge in [-0.05, 0) is 49.6 Å². The fourth-order valence-electron chi connectivity index (χ4n) is 2.68. The Labute approximate surface area is 148 Å². The quantitative estimate of drug-likeness (QED) is 0.596. The van der Waals surface area contributed by atoms with Gasteiger partial charge in [0, 0.05) is 11.6 Å². The Morgan fingerprint density at radius 2 is 1.71 bits per heavy atom. The summed E-state index contributed by atoms with van der Waals surface area (Å²) in [6, 6.07) is 22.7. The smallest absolute Gasteiger partial charge is 0.135 e. The molecule has 0 saturated carbocycles. The molecule has 3 rings (SSSR count). The van der Waals surface area contributed by atoms with E-state index in [0.717, 1.165) is 36.5 Å². The third-order valence-corrected chi connectivity index (χ3v) is 4.46. The summed E-state index contributed by atoms with van der Waals surface area (Å²) in [5.74, 6) is 1.74. The Balaban J connectivity index is 1.51. The summed E-state index contributed by atoms with van der Waals surface area (Å²) >= 11 is 6.22. The highest BCUT2D eigenvalue weighted by atomic mass is 35.5. The van der Waals surface area contributed by atoms with Gasteiger partial charge in [-0.3, -0.25) is 0 Å². The standard InChI is InChI=1S/C21H22ClNO/c1-16(11-12-17-7-3-2-4-8-17)23-15-18-13-14-21(24-18)19-9-5-6-10-20(19)22/h2-10,13-14,16,23H,11-12,15H2,1H3/t16-/m1/s1. The van der Waals surface area contributed by atoms with Gasteiger partial charge in [0.05, 0.1) is 11.6 Å². The van der Waals surface area contributed by atoms with E-state index in [1.54, 1.807) is 0 Å². The van der Waals surface area contributed by atoms with Crippen LogP contribution in [-0.4, -0.2) is 6.04 Å². The average Bonchev–Trinajstić information content (AvgIpc) is 3.08. The van der Waals surface area contributed by atoms with Crippen molar-refractivity contribution in [3.8, 4) is 11.3 Å². The average molecular weight is 340 g/mol. The molecule has 0 aliphatic carbocycles. The first-order valence-corrected chi connectivity index (χ1v) is 8.71. The van der Waals surface area contributed by atoms with E-state index in [4.69, 9.17) is 16.0 Å². The van der Waals surface area contributed by atoms with Gasteiger partial charge < -0.3 is 9.73 Å². The fourth-order valence-corrected chi connectivity index (χ4v) is 2.91. The molecule has 0 saturated heterocycles. The van der Waals surface area contributed by atoms with Crippen LogP contribution in [0.25, 0.3) is 11.3 Å². The molecule has 0 radical (unpaired) electrons. The van der Waals surface area contributed by atoms with Gasteiger partial charge in [-0.2, -0.15) is 0 Å². The minimum atomic E-state index is 0.430. The first-order chi connectivity index (χ1) is 11.7. The molecule has 0 bridgehead atoms. The van der Waals surface area contributed by atoms with E-state index < -0.39 is 0 Å². The summed E-state index contributed by atoms with van der Waals surface area (Å²) in [7, 11) is 0. The lowest BCUT2D eigenvalue weighted by molar-refractivity contribution is 0.449. The van der Waals surface area contributed by atoms with Gasteiger partial charge in [0.1, 0.15) is 11.5 Å². The molecule has 0 fully saturated rings. The van der Waals surface area contributed by atoms with Crippen LogP contribution in [0.1, 0.15) is 24.7 Å². The maximum absolute atomic E-state index is 6.22. The summed E-state index contributed by atoms with van der Waals surface area (Å²) in [5.41, 5.74) is 2.31. The molecule has 1 heterocycles. The highest BCUT2D eigenvalue weighted by molar-refractivity contribution is 6.33. The molecule has 2 nitrogen and oxygen atoms in total. The van der Waals surface area contributed by atoms with Gasteiger partial charge in [0.2, 0.25) is 0 Å². The molecule has 0 unspecified atom stereocenters. The number of hydrogen-bond donors (Lipinski definition) is 1. The second-order valence-corrected chi connectivity index (χ2v) is 6.46. The minimum Gasteiger partial charge on any atom is -0.460 e. The molecule has 0 amide bonds. The molecule has 0 aliphatic heterocycles. The zero-order valence-corrected chi connectivity index (χ0v) is 14.6. The van der Waals surface area contributed by atoms with Crippen molar-refractivity contribution in [2.45, 2.75) is 32.4 Å². The van der Waals surface area contributed by atoms with Gasteiger partial charge in [0.25, 0.3) is 0 Å². The molecule has 3 aromatic rings. The number of hydrogen-bond acceptors (Lipinski definition) is 2. The molecule has 0 aliphatic rings. The van der Waals surface area contributed by atoms with Crippen molar-refractivity contribution in [3.63, 3.8) is 0 Å². The SMILES string of the molecule is C[C@H](CCc1ccccc1)NCc1ccc(-c2ccccc2Cl)o1. The summed E-state index contributed by atoms with van der Waals surface area (Å²) in [4.78, 5) is 0. The Morgan fingerprint density at radius 3 is 2.50 bits per heavy atom. The lowest BCUT2D eigenvalue weighted by Crippen LogP contribution is -2.25. The molecule has 0 spiro atoms. The molecule has 124 valence electrons. The third kappa shape index (κ3) is 4.50. The van der Waals surface area contributed by atoms with E-state index in [-0.39, 0.29) is 0 Å². The number of aryl methyl sites for hydroxylation is 1. The summed E-state index contributed by atoms with van der Waals surface area (Å²) in [6.45, 7) is 2.93. The number of nitrogens with one attached hydrogen (secondary N) is 1. The summed E-state index contributed by atoms with van der Waals surface area (Å²) in [5, 5.41) is 4.23. The number of rotatable bonds is 7. The molecule has 24 heavy (non-hydrogen) atoms. The van der Waals surface area contributed by atoms with Crippen LogP contribution in [0.4, 0.5) is 0 Å². The maximum atomic E-state index is 6.22. The van der Waals surface area contributed by atoms with Crippen molar-refractivity contribution in [2.24, 2.45) is 0 Å². The zero-order valence-electron chi connectivity index (χ0n) is 13.8. The molecule has 2 aromatic carbocycles. The third-order valence-electron chi connectivity index (χ3n) is 4.13. The van der Waals surface area contributed by atoms with Crippen LogP contribution >= 0.6 is 11.6 Å². The van der Waals surface area contributed by atoms with E-state index in [1.807, 2.05) is 36.4 Å². The monoisotopic (exact) mass is 339 g/mol. The lowest BCUT2D eigenvalue weighted by atomic mass is 10.1. The van der Waals surface area contributed by atoms with Crippen LogP contribution in [0.5, 0.6) is 0 Å². The number of furan rings is 1. The Bertz CT molecular complexity index is 766. The van der Waals surface area contributed by atoms with Crippen molar-refractivity contribution < 1.29 is 4.42 Å². The van der Waals surface area contributed by atoms with Crippen molar-refractivity contribution in [1.82, 2.24) is 5.32 Å². The van der Waals surface area contributed by atoms with Crippen LogP contribution in [0.3, 0.4) is 0 Å². The predicted octanol–water partition coefficient (Wildman–Crippen LogP) is 5.71. The van der Waals surface area contributed by atoms with Crippen molar-refractivity contribution in [3.05, 3.63) is 83.1 Å². The van der Waals surface area contributed by atoms with Gasteiger partial charge in [0.15, 0.2) is 0 Å². The topological polar surface area (TPSA) is 25.2 Å². The first-order valence-electron chi connectivity index (χ1n) is 8.33. The van der Waals surface area contributed by atoms with E-state index in [1.165, 1.54) is 5.56 Å². The second kappa shape index (κ2) is 8.18. The zero-order chi connectivity index (χ0) is 16.8. The van der Waals surface area contributed by atoms with Crippen LogP contribution in [0, 0.1) is 0 Å². The van der Waals surface area contributed by atoms with Crippen LogP contribution in [0.15, 0.2) is 71.1 Å². The minimum absolute atomic E-state index is 0.430. The molecule has 1 N–H and O–H groups in total. The Hall–Kier alpha value is -2.03. The highest BCUT2D eigenvalue weighted by Crippen LogP contribution is 2.29. The lowest BCUT2D eigenvalue weighted by Gasteiger charge is -2.12. The Kier molecular flexibility index (Phi) is 5.73. The van der Waals surface area contributed by atoms with Crippen molar-refractivity contribution in [1.29, 1.82) is 0 Å². The number of benzene rings is 2. The first kappa shape index (κ1) is 16.8. The molecule has 1 atom stereocenters. The van der Waals surface area contributed by atoms with E-state index in [9.17, 15) is 0 Å². The number of halogens is 1. The normalized spacial score (nSPS) is 12.2. The Morgan fingerprint density at radius 1 is 0.958 bits per heavy atom. The molecular weight excluding hydrogens is 318 g/mol. The molecule has 3 heteroatoms. The summed E-state index contributed by atoms with van der Waals surface area (Å²) in [6.07, 6.45) is 2.18. The van der Waals surface area contributed by atoms with Gasteiger partial charge >= 0.3 is 0 Å². The van der Waals surface area contributed by atoms with Gasteiger partial charge in [-0.25, -0.2) is 0 Å². The second-order valence-electron chi connectivity index (χ2n) is 6.05. The molecular formula is C21H22ClNO. The maximum Gasteiger partial charge on any atom is 0.135 e. The van der Waals surface area contributed by atoms with E-state index >= 15 is 0 Å². The van der Waals surface area contributed by atoms with Crippen molar-refractivity contribution in [2.75, 3.05) is 0 Å². The van der Waals surface area contributed by atoms with Crippen molar-refractivity contribution >= 4 is 11.6 Å². The van der Waals surface area contributed by atoms with E-state index in [0.29, 0.717) is 11.1 Å². The molecule has 1 aromatic heterocycles.